The molecule has 1 heterocycles. The minimum absolute atomic E-state index is 0.830. The summed E-state index contributed by atoms with van der Waals surface area (Å²) in [5.74, 6) is 0. The maximum Gasteiger partial charge on any atom is 0.196 e. The summed E-state index contributed by atoms with van der Waals surface area (Å²) < 4.78 is 0. The monoisotopic (exact) mass is 86.0 g/mol. The second-order valence-electron chi connectivity index (χ2n) is 1.02. The highest BCUT2D eigenvalue weighted by Crippen LogP contribution is 1.72. The number of hydrogen-bond donors (Lipinski definition) is 1. The summed E-state index contributed by atoms with van der Waals surface area (Å²) in [5, 5.41) is 0. The highest BCUT2D eigenvalue weighted by molar-refractivity contribution is 5.46. The summed E-state index contributed by atoms with van der Waals surface area (Å²) in [6.07, 6.45) is 1.41. The van der Waals surface area contributed by atoms with Gasteiger partial charge in [-0.3, -0.25) is 4.99 Å². The van der Waals surface area contributed by atoms with Crippen LogP contribution in [0, 0.1) is 0 Å². The van der Waals surface area contributed by atoms with Crippen LogP contribution in [0.5, 0.6) is 0 Å². The summed E-state index contributed by atoms with van der Waals surface area (Å²) in [7, 11) is 0. The Hall–Kier alpha value is -0.570. The Morgan fingerprint density at radius 1 is 1.83 bits per heavy atom. The van der Waals surface area contributed by atoms with Crippen molar-refractivity contribution in [1.82, 2.24) is 5.48 Å². The smallest absolute Gasteiger partial charge is 0.196 e. The van der Waals surface area contributed by atoms with Crippen LogP contribution in [0.1, 0.15) is 0 Å². The molecule has 0 aliphatic carbocycles. The Morgan fingerprint density at radius 2 is 2.83 bits per heavy atom. The van der Waals surface area contributed by atoms with Gasteiger partial charge in [-0.1, -0.05) is 0 Å². The minimum Gasteiger partial charge on any atom is -0.397 e. The van der Waals surface area contributed by atoms with E-state index in [1.165, 1.54) is 6.40 Å². The Kier molecular flexibility index (Phi) is 1.06. The fourth-order valence-electron chi connectivity index (χ4n) is 0.296. The largest absolute Gasteiger partial charge is 0.397 e. The van der Waals surface area contributed by atoms with E-state index in [4.69, 9.17) is 0 Å². The molecule has 6 heavy (non-hydrogen) atoms. The third-order valence-corrected chi connectivity index (χ3v) is 0.554. The van der Waals surface area contributed by atoms with Crippen LogP contribution in [-0.4, -0.2) is 19.5 Å². The first-order valence-corrected chi connectivity index (χ1v) is 1.87. The lowest BCUT2D eigenvalue weighted by atomic mass is 10.7. The van der Waals surface area contributed by atoms with Crippen molar-refractivity contribution in [1.29, 1.82) is 0 Å². The van der Waals surface area contributed by atoms with E-state index in [-0.39, 0.29) is 0 Å². The van der Waals surface area contributed by atoms with Crippen molar-refractivity contribution in [3.8, 4) is 0 Å². The van der Waals surface area contributed by atoms with Crippen molar-refractivity contribution in [3.63, 3.8) is 0 Å². The number of hydrogen-bond acceptors (Lipinski definition) is 3. The molecule has 0 saturated carbocycles. The third-order valence-electron chi connectivity index (χ3n) is 0.554. The van der Waals surface area contributed by atoms with Gasteiger partial charge in [0.1, 0.15) is 0 Å². The van der Waals surface area contributed by atoms with Crippen molar-refractivity contribution in [2.45, 2.75) is 0 Å². The van der Waals surface area contributed by atoms with Gasteiger partial charge in [0, 0.05) is 0 Å². The first-order valence-electron chi connectivity index (χ1n) is 1.87. The van der Waals surface area contributed by atoms with Gasteiger partial charge < -0.3 is 4.84 Å². The van der Waals surface area contributed by atoms with E-state index in [0.29, 0.717) is 0 Å². The number of hydroxylamine groups is 1. The highest BCUT2D eigenvalue weighted by atomic mass is 16.6. The molecule has 0 unspecified atom stereocenters. The molecule has 0 fully saturated rings. The highest BCUT2D eigenvalue weighted by Gasteiger charge is 1.85. The van der Waals surface area contributed by atoms with Crippen LogP contribution in [0.15, 0.2) is 4.99 Å². The van der Waals surface area contributed by atoms with E-state index >= 15 is 0 Å². The Labute approximate surface area is 36.0 Å². The minimum atomic E-state index is 0.830. The second-order valence-corrected chi connectivity index (χ2v) is 1.02. The number of nitrogens with one attached hydrogen (secondary N) is 1. The van der Waals surface area contributed by atoms with E-state index in [0.717, 1.165) is 13.1 Å². The van der Waals surface area contributed by atoms with Gasteiger partial charge >= 0.3 is 0 Å². The SMILES string of the molecule is C1=NCCNO1. The van der Waals surface area contributed by atoms with E-state index < -0.39 is 0 Å². The quantitative estimate of drug-likeness (QED) is 0.433. The molecule has 0 aromatic carbocycles. The maximum atomic E-state index is 4.53. The van der Waals surface area contributed by atoms with Crippen LogP contribution in [0.2, 0.25) is 0 Å². The molecule has 0 amide bonds. The zero-order valence-corrected chi connectivity index (χ0v) is 3.35. The zero-order valence-electron chi connectivity index (χ0n) is 3.35. The molecule has 1 rings (SSSR count). The molecular formula is C3H6N2O. The molecule has 3 nitrogen and oxygen atoms in total. The number of nitrogens with zero attached hydrogens (tertiary/aromatic N) is 1. The number of rotatable bonds is 0. The van der Waals surface area contributed by atoms with Gasteiger partial charge in [0.25, 0.3) is 0 Å². The molecule has 34 valence electrons. The molecule has 0 aromatic rings. The molecule has 0 atom stereocenters. The Balaban J connectivity index is 2.26. The molecule has 1 aliphatic heterocycles. The zero-order chi connectivity index (χ0) is 4.24. The van der Waals surface area contributed by atoms with Crippen LogP contribution in [0.3, 0.4) is 0 Å². The molecule has 0 spiro atoms. The van der Waals surface area contributed by atoms with Crippen molar-refractivity contribution in [2.24, 2.45) is 4.99 Å². The lowest BCUT2D eigenvalue weighted by molar-refractivity contribution is 0.184. The van der Waals surface area contributed by atoms with Gasteiger partial charge in [-0.2, -0.15) is 5.48 Å². The molecule has 0 aromatic heterocycles. The van der Waals surface area contributed by atoms with Gasteiger partial charge in [-0.15, -0.1) is 0 Å². The van der Waals surface area contributed by atoms with E-state index in [1.807, 2.05) is 0 Å². The van der Waals surface area contributed by atoms with Crippen LogP contribution in [0.4, 0.5) is 0 Å². The van der Waals surface area contributed by atoms with E-state index in [9.17, 15) is 0 Å². The molecule has 0 radical (unpaired) electrons. The predicted octanol–water partition coefficient (Wildman–Crippen LogP) is -0.451. The van der Waals surface area contributed by atoms with Crippen molar-refractivity contribution >= 4 is 6.40 Å². The average molecular weight is 86.1 g/mol. The topological polar surface area (TPSA) is 33.6 Å². The summed E-state index contributed by atoms with van der Waals surface area (Å²) in [5.41, 5.74) is 2.64. The Bertz CT molecular complexity index is 53.8. The molecule has 0 saturated heterocycles. The van der Waals surface area contributed by atoms with E-state index in [1.54, 1.807) is 0 Å². The summed E-state index contributed by atoms with van der Waals surface area (Å²) >= 11 is 0. The fraction of sp³-hybridized carbons (Fsp3) is 0.667. The lowest BCUT2D eigenvalue weighted by Gasteiger charge is -2.02. The van der Waals surface area contributed by atoms with Gasteiger partial charge in [0.2, 0.25) is 0 Å². The molecule has 3 heteroatoms. The average Bonchev–Trinajstić information content (AvgIpc) is 1.72. The van der Waals surface area contributed by atoms with Crippen LogP contribution in [0.25, 0.3) is 0 Å². The van der Waals surface area contributed by atoms with Crippen molar-refractivity contribution in [3.05, 3.63) is 0 Å². The van der Waals surface area contributed by atoms with E-state index in [2.05, 4.69) is 15.3 Å². The summed E-state index contributed by atoms with van der Waals surface area (Å²) in [6, 6.07) is 0. The third kappa shape index (κ3) is 0.687. The maximum absolute atomic E-state index is 4.53. The normalized spacial score (nSPS) is 20.0. The lowest BCUT2D eigenvalue weighted by Crippen LogP contribution is -2.21. The predicted molar refractivity (Wildman–Crippen MR) is 22.4 cm³/mol. The van der Waals surface area contributed by atoms with Crippen LogP contribution >= 0.6 is 0 Å². The molecule has 0 bridgehead atoms. The summed E-state index contributed by atoms with van der Waals surface area (Å²) in [6.45, 7) is 1.66. The van der Waals surface area contributed by atoms with Gasteiger partial charge in [0.05, 0.1) is 13.1 Å². The van der Waals surface area contributed by atoms with Crippen LogP contribution in [-0.2, 0) is 4.84 Å². The molecule has 1 N–H and O–H groups in total. The van der Waals surface area contributed by atoms with Gasteiger partial charge in [-0.25, -0.2) is 0 Å². The van der Waals surface area contributed by atoms with Gasteiger partial charge in [0.15, 0.2) is 6.40 Å². The molecular weight excluding hydrogens is 80.0 g/mol. The van der Waals surface area contributed by atoms with Gasteiger partial charge in [-0.05, 0) is 0 Å². The van der Waals surface area contributed by atoms with Crippen molar-refractivity contribution < 1.29 is 4.84 Å². The first kappa shape index (κ1) is 3.61. The van der Waals surface area contributed by atoms with Crippen LogP contribution < -0.4 is 5.48 Å². The molecule has 1 aliphatic rings. The fourth-order valence-corrected chi connectivity index (χ4v) is 0.296. The standard InChI is InChI=1S/C3H6N2O/c1-2-5-6-3-4-1/h3,5H,1-2H2. The summed E-state index contributed by atoms with van der Waals surface area (Å²) in [4.78, 5) is 8.30. The van der Waals surface area contributed by atoms with Crippen molar-refractivity contribution in [2.75, 3.05) is 13.1 Å². The number of aliphatic imine (C=N–C) groups is 1. The Morgan fingerprint density at radius 3 is 3.00 bits per heavy atom. The second kappa shape index (κ2) is 1.77. The first-order chi connectivity index (χ1) is 3.00.